The van der Waals surface area contributed by atoms with Gasteiger partial charge in [-0.3, -0.25) is 4.79 Å². The van der Waals surface area contributed by atoms with E-state index < -0.39 is 10.0 Å². The molecule has 2 aliphatic heterocycles. The van der Waals surface area contributed by atoms with Crippen LogP contribution >= 0.6 is 0 Å². The molecule has 1 aromatic rings. The van der Waals surface area contributed by atoms with Gasteiger partial charge in [0.1, 0.15) is 5.82 Å². The van der Waals surface area contributed by atoms with Crippen molar-refractivity contribution in [1.29, 1.82) is 0 Å². The highest BCUT2D eigenvalue weighted by atomic mass is 32.2. The molecule has 1 amide bonds. The minimum absolute atomic E-state index is 0.0189. The number of hydrogen-bond donors (Lipinski definition) is 0. The van der Waals surface area contributed by atoms with Crippen LogP contribution in [0.4, 0.5) is 4.39 Å². The summed E-state index contributed by atoms with van der Waals surface area (Å²) < 4.78 is 44.4. The van der Waals surface area contributed by atoms with Crippen LogP contribution in [0.25, 0.3) is 0 Å². The molecule has 0 aliphatic carbocycles. The molecule has 138 valence electrons. The minimum Gasteiger partial charge on any atom is -0.375 e. The third kappa shape index (κ3) is 4.37. The van der Waals surface area contributed by atoms with Gasteiger partial charge in [0.25, 0.3) is 0 Å². The van der Waals surface area contributed by atoms with Crippen molar-refractivity contribution in [2.75, 3.05) is 39.0 Å². The van der Waals surface area contributed by atoms with Crippen molar-refractivity contribution in [1.82, 2.24) is 9.21 Å². The van der Waals surface area contributed by atoms with Gasteiger partial charge in [-0.15, -0.1) is 0 Å². The van der Waals surface area contributed by atoms with E-state index >= 15 is 0 Å². The van der Waals surface area contributed by atoms with Gasteiger partial charge in [0.05, 0.1) is 19.0 Å². The summed E-state index contributed by atoms with van der Waals surface area (Å²) in [5.74, 6) is -0.366. The zero-order chi connectivity index (χ0) is 18.0. The van der Waals surface area contributed by atoms with Crippen LogP contribution in [-0.2, 0) is 26.0 Å². The lowest BCUT2D eigenvalue weighted by Crippen LogP contribution is -2.37. The fourth-order valence-electron chi connectivity index (χ4n) is 3.47. The van der Waals surface area contributed by atoms with E-state index in [-0.39, 0.29) is 30.2 Å². The second-order valence-electron chi connectivity index (χ2n) is 6.68. The molecule has 0 saturated carbocycles. The molecule has 0 bridgehead atoms. The molecule has 6 nitrogen and oxygen atoms in total. The first kappa shape index (κ1) is 18.3. The van der Waals surface area contributed by atoms with E-state index in [0.29, 0.717) is 44.8 Å². The Morgan fingerprint density at radius 1 is 1.28 bits per heavy atom. The number of hydrogen-bond acceptors (Lipinski definition) is 4. The number of ether oxygens (including phenoxy) is 1. The van der Waals surface area contributed by atoms with E-state index in [1.54, 1.807) is 23.1 Å². The Morgan fingerprint density at radius 2 is 2.04 bits per heavy atom. The van der Waals surface area contributed by atoms with Gasteiger partial charge >= 0.3 is 0 Å². The lowest BCUT2D eigenvalue weighted by atomic mass is 10.1. The zero-order valence-electron chi connectivity index (χ0n) is 14.2. The molecule has 2 saturated heterocycles. The van der Waals surface area contributed by atoms with E-state index in [1.807, 2.05) is 0 Å². The van der Waals surface area contributed by atoms with Gasteiger partial charge in [-0.25, -0.2) is 12.8 Å². The summed E-state index contributed by atoms with van der Waals surface area (Å²) in [6.07, 6.45) is 1.65. The maximum absolute atomic E-state index is 13.7. The number of halogens is 1. The Hall–Kier alpha value is -1.51. The second-order valence-corrected chi connectivity index (χ2v) is 8.66. The highest BCUT2D eigenvalue weighted by Gasteiger charge is 2.39. The summed E-state index contributed by atoms with van der Waals surface area (Å²) in [6.45, 7) is 2.02. The Kier molecular flexibility index (Phi) is 5.41. The predicted molar refractivity (Wildman–Crippen MR) is 90.9 cm³/mol. The van der Waals surface area contributed by atoms with Crippen LogP contribution < -0.4 is 0 Å². The van der Waals surface area contributed by atoms with E-state index in [1.165, 1.54) is 16.6 Å². The largest absolute Gasteiger partial charge is 0.375 e. The van der Waals surface area contributed by atoms with Crippen molar-refractivity contribution in [3.8, 4) is 0 Å². The summed E-state index contributed by atoms with van der Waals surface area (Å²) in [6, 6.07) is 6.45. The number of fused-ring (bicyclic) bond motifs is 1. The molecule has 8 heteroatoms. The molecule has 0 radical (unpaired) electrons. The molecular formula is C17H23FN2O4S. The number of amides is 1. The summed E-state index contributed by atoms with van der Waals surface area (Å²) in [5, 5.41) is 0. The number of nitrogens with zero attached hydrogens (tertiary/aromatic N) is 2. The highest BCUT2D eigenvalue weighted by Crippen LogP contribution is 2.25. The number of benzene rings is 1. The Balaban J connectivity index is 1.58. The smallest absolute Gasteiger partial charge is 0.223 e. The van der Waals surface area contributed by atoms with Gasteiger partial charge in [0.15, 0.2) is 0 Å². The molecular weight excluding hydrogens is 347 g/mol. The fourth-order valence-corrected chi connectivity index (χ4v) is 4.34. The predicted octanol–water partition coefficient (Wildman–Crippen LogP) is 0.877. The van der Waals surface area contributed by atoms with E-state index in [0.717, 1.165) is 0 Å². The molecule has 2 heterocycles. The highest BCUT2D eigenvalue weighted by molar-refractivity contribution is 7.88. The molecule has 25 heavy (non-hydrogen) atoms. The van der Waals surface area contributed by atoms with Crippen molar-refractivity contribution < 1.29 is 22.3 Å². The summed E-state index contributed by atoms with van der Waals surface area (Å²) in [7, 11) is -3.27. The van der Waals surface area contributed by atoms with Gasteiger partial charge in [-0.05, 0) is 18.1 Å². The van der Waals surface area contributed by atoms with Gasteiger partial charge in [-0.2, -0.15) is 4.31 Å². The quantitative estimate of drug-likeness (QED) is 0.789. The monoisotopic (exact) mass is 370 g/mol. The lowest BCUT2D eigenvalue weighted by molar-refractivity contribution is -0.130. The summed E-state index contributed by atoms with van der Waals surface area (Å²) >= 11 is 0. The molecule has 0 N–H and O–H groups in total. The Morgan fingerprint density at radius 3 is 2.76 bits per heavy atom. The number of sulfonamides is 1. The Labute approximate surface area is 147 Å². The first-order valence-electron chi connectivity index (χ1n) is 8.42. The second kappa shape index (κ2) is 7.39. The first-order valence-corrected chi connectivity index (χ1v) is 10.3. The number of rotatable bonds is 4. The van der Waals surface area contributed by atoms with E-state index in [4.69, 9.17) is 4.74 Å². The molecule has 2 aliphatic rings. The van der Waals surface area contributed by atoms with Crippen molar-refractivity contribution in [2.24, 2.45) is 5.92 Å². The third-order valence-electron chi connectivity index (χ3n) is 4.88. The number of carbonyl (C=O) groups is 1. The normalized spacial score (nSPS) is 24.8. The molecule has 0 unspecified atom stereocenters. The van der Waals surface area contributed by atoms with E-state index in [2.05, 4.69) is 0 Å². The molecule has 0 spiro atoms. The van der Waals surface area contributed by atoms with Crippen molar-refractivity contribution in [3.63, 3.8) is 0 Å². The average Bonchev–Trinajstić information content (AvgIpc) is 2.84. The maximum atomic E-state index is 13.7. The molecule has 2 atom stereocenters. The molecule has 3 rings (SSSR count). The first-order chi connectivity index (χ1) is 11.8. The van der Waals surface area contributed by atoms with Gasteiger partial charge in [0.2, 0.25) is 15.9 Å². The SMILES string of the molecule is CS(=O)(=O)N1CCO[C@@H]2CN(C(=O)CCc3ccccc3F)C[C@@H]2C1. The van der Waals surface area contributed by atoms with E-state index in [9.17, 15) is 17.6 Å². The molecule has 2 fully saturated rings. The van der Waals surface area contributed by atoms with Crippen LogP contribution in [0.2, 0.25) is 0 Å². The number of likely N-dealkylation sites (tertiary alicyclic amines) is 1. The van der Waals surface area contributed by atoms with Crippen LogP contribution in [0.5, 0.6) is 0 Å². The third-order valence-corrected chi connectivity index (χ3v) is 6.15. The summed E-state index contributed by atoms with van der Waals surface area (Å²) in [4.78, 5) is 14.2. The molecule has 0 aromatic heterocycles. The summed E-state index contributed by atoms with van der Waals surface area (Å²) in [5.41, 5.74) is 0.531. The number of carbonyl (C=O) groups excluding carboxylic acids is 1. The zero-order valence-corrected chi connectivity index (χ0v) is 15.0. The van der Waals surface area contributed by atoms with Crippen molar-refractivity contribution in [3.05, 3.63) is 35.6 Å². The lowest BCUT2D eigenvalue weighted by Gasteiger charge is -2.21. The minimum atomic E-state index is -3.27. The van der Waals surface area contributed by atoms with Crippen LogP contribution in [0.15, 0.2) is 24.3 Å². The van der Waals surface area contributed by atoms with Crippen LogP contribution in [0.3, 0.4) is 0 Å². The Bertz CT molecular complexity index is 740. The molecule has 1 aromatic carbocycles. The van der Waals surface area contributed by atoms with Crippen molar-refractivity contribution >= 4 is 15.9 Å². The van der Waals surface area contributed by atoms with Crippen LogP contribution in [-0.4, -0.2) is 68.7 Å². The maximum Gasteiger partial charge on any atom is 0.223 e. The standard InChI is InChI=1S/C17H23FN2O4S/c1-25(22,23)20-8-9-24-16-12-19(10-14(16)11-20)17(21)7-6-13-4-2-3-5-15(13)18/h2-5,14,16H,6-12H2,1H3/t14-,16-/m1/s1. The topological polar surface area (TPSA) is 66.9 Å². The van der Waals surface area contributed by atoms with Crippen LogP contribution in [0, 0.1) is 11.7 Å². The van der Waals surface area contributed by atoms with Crippen molar-refractivity contribution in [2.45, 2.75) is 18.9 Å². The average molecular weight is 370 g/mol. The van der Waals surface area contributed by atoms with Gasteiger partial charge < -0.3 is 9.64 Å². The fraction of sp³-hybridized carbons (Fsp3) is 0.588. The van der Waals surface area contributed by atoms with Gasteiger partial charge in [0, 0.05) is 38.5 Å². The number of aryl methyl sites for hydroxylation is 1. The van der Waals surface area contributed by atoms with Gasteiger partial charge in [-0.1, -0.05) is 18.2 Å². The van der Waals surface area contributed by atoms with Crippen LogP contribution in [0.1, 0.15) is 12.0 Å².